The predicted molar refractivity (Wildman–Crippen MR) is 62.7 cm³/mol. The molecule has 2 nitrogen and oxygen atoms in total. The van der Waals surface area contributed by atoms with Crippen LogP contribution in [0.15, 0.2) is 41.4 Å². The fourth-order valence-corrected chi connectivity index (χ4v) is 1.72. The number of allylic oxidation sites excluding steroid dienone is 2. The Balaban J connectivity index is 2.66. The van der Waals surface area contributed by atoms with E-state index in [4.69, 9.17) is 11.6 Å². The third kappa shape index (κ3) is 1.57. The lowest BCUT2D eigenvalue weighted by Crippen LogP contribution is -2.05. The molecule has 0 atom stereocenters. The zero-order chi connectivity index (χ0) is 11.0. The number of carbonyl (C=O) groups is 1. The molecule has 0 spiro atoms. The summed E-state index contributed by atoms with van der Waals surface area (Å²) in [6.45, 7) is 5.43. The lowest BCUT2D eigenvalue weighted by Gasteiger charge is -2.02. The van der Waals surface area contributed by atoms with Crippen molar-refractivity contribution in [2.75, 3.05) is 5.32 Å². The van der Waals surface area contributed by atoms with Gasteiger partial charge in [-0.25, -0.2) is 0 Å². The van der Waals surface area contributed by atoms with Crippen LogP contribution in [0.3, 0.4) is 0 Å². The van der Waals surface area contributed by atoms with Gasteiger partial charge in [-0.1, -0.05) is 36.4 Å². The van der Waals surface area contributed by atoms with Gasteiger partial charge in [-0.3, -0.25) is 4.79 Å². The van der Waals surface area contributed by atoms with E-state index in [9.17, 15) is 4.79 Å². The number of rotatable bonds is 1. The van der Waals surface area contributed by atoms with Crippen LogP contribution in [0.5, 0.6) is 0 Å². The Kier molecular flexibility index (Phi) is 2.37. The second-order valence-electron chi connectivity index (χ2n) is 3.40. The first-order valence-corrected chi connectivity index (χ1v) is 4.95. The van der Waals surface area contributed by atoms with Crippen LogP contribution in [-0.2, 0) is 4.79 Å². The van der Waals surface area contributed by atoms with Crippen LogP contribution in [0.4, 0.5) is 5.69 Å². The van der Waals surface area contributed by atoms with Crippen molar-refractivity contribution in [3.63, 3.8) is 0 Å². The number of hydrogen-bond donors (Lipinski definition) is 1. The summed E-state index contributed by atoms with van der Waals surface area (Å²) in [7, 11) is 0. The van der Waals surface area contributed by atoms with Crippen molar-refractivity contribution in [1.29, 1.82) is 0 Å². The molecule has 1 aromatic carbocycles. The molecule has 1 aliphatic heterocycles. The third-order valence-electron chi connectivity index (χ3n) is 2.45. The largest absolute Gasteiger partial charge is 0.321 e. The Hall–Kier alpha value is -1.54. The molecule has 0 radical (unpaired) electrons. The molecule has 0 aliphatic carbocycles. The zero-order valence-corrected chi connectivity index (χ0v) is 9.06. The number of hydrogen-bond acceptors (Lipinski definition) is 1. The maximum absolute atomic E-state index is 11.7. The number of para-hydroxylation sites is 1. The average molecular weight is 220 g/mol. The molecule has 0 unspecified atom stereocenters. The standard InChI is InChI=1S/C12H10ClNO/c1-7(8(2)13)11-9-5-3-4-6-10(9)14-12(11)15/h3-6H,2H2,1H3,(H,14,15)/b11-7-. The Morgan fingerprint density at radius 2 is 2.07 bits per heavy atom. The molecule has 1 aliphatic rings. The molecular formula is C12H10ClNO. The van der Waals surface area contributed by atoms with Crippen LogP contribution in [0.2, 0.25) is 0 Å². The summed E-state index contributed by atoms with van der Waals surface area (Å²) in [5.41, 5.74) is 3.06. The summed E-state index contributed by atoms with van der Waals surface area (Å²) in [6.07, 6.45) is 0. The Labute approximate surface area is 93.3 Å². The highest BCUT2D eigenvalue weighted by molar-refractivity contribution is 6.37. The van der Waals surface area contributed by atoms with Crippen LogP contribution in [0, 0.1) is 0 Å². The summed E-state index contributed by atoms with van der Waals surface area (Å²) < 4.78 is 0. The number of benzene rings is 1. The van der Waals surface area contributed by atoms with Gasteiger partial charge in [0.25, 0.3) is 5.91 Å². The molecule has 1 aromatic rings. The molecule has 0 saturated heterocycles. The van der Waals surface area contributed by atoms with Gasteiger partial charge in [-0.15, -0.1) is 0 Å². The van der Waals surface area contributed by atoms with Gasteiger partial charge in [-0.2, -0.15) is 0 Å². The van der Waals surface area contributed by atoms with Crippen molar-refractivity contribution in [3.8, 4) is 0 Å². The van der Waals surface area contributed by atoms with Crippen LogP contribution in [-0.4, -0.2) is 5.91 Å². The van der Waals surface area contributed by atoms with Crippen molar-refractivity contribution in [1.82, 2.24) is 0 Å². The maximum Gasteiger partial charge on any atom is 0.256 e. The second-order valence-corrected chi connectivity index (χ2v) is 3.86. The van der Waals surface area contributed by atoms with Crippen molar-refractivity contribution in [3.05, 3.63) is 47.0 Å². The minimum atomic E-state index is -0.115. The van der Waals surface area contributed by atoms with E-state index >= 15 is 0 Å². The van der Waals surface area contributed by atoms with E-state index in [1.54, 1.807) is 6.92 Å². The fourth-order valence-electron chi connectivity index (χ4n) is 1.63. The predicted octanol–water partition coefficient (Wildman–Crippen LogP) is 3.16. The van der Waals surface area contributed by atoms with Crippen molar-refractivity contribution in [2.24, 2.45) is 0 Å². The van der Waals surface area contributed by atoms with E-state index in [1.165, 1.54) is 0 Å². The summed E-state index contributed by atoms with van der Waals surface area (Å²) in [4.78, 5) is 11.7. The molecule has 1 amide bonds. The zero-order valence-electron chi connectivity index (χ0n) is 8.30. The normalized spacial score (nSPS) is 17.1. The highest BCUT2D eigenvalue weighted by atomic mass is 35.5. The summed E-state index contributed by atoms with van der Waals surface area (Å²) >= 11 is 5.81. The van der Waals surface area contributed by atoms with Gasteiger partial charge in [-0.05, 0) is 18.6 Å². The minimum absolute atomic E-state index is 0.115. The number of nitrogens with one attached hydrogen (secondary N) is 1. The van der Waals surface area contributed by atoms with Gasteiger partial charge in [0, 0.05) is 16.3 Å². The quantitative estimate of drug-likeness (QED) is 0.723. The van der Waals surface area contributed by atoms with Gasteiger partial charge in [0.2, 0.25) is 0 Å². The number of halogens is 1. The van der Waals surface area contributed by atoms with Gasteiger partial charge < -0.3 is 5.32 Å². The number of anilines is 1. The van der Waals surface area contributed by atoms with Gasteiger partial charge in [0.05, 0.1) is 5.57 Å². The lowest BCUT2D eigenvalue weighted by molar-refractivity contribution is -0.110. The van der Waals surface area contributed by atoms with Gasteiger partial charge in [0.1, 0.15) is 0 Å². The van der Waals surface area contributed by atoms with Crippen molar-refractivity contribution in [2.45, 2.75) is 6.92 Å². The van der Waals surface area contributed by atoms with Crippen LogP contribution in [0.25, 0.3) is 5.57 Å². The van der Waals surface area contributed by atoms with Gasteiger partial charge >= 0.3 is 0 Å². The van der Waals surface area contributed by atoms with Crippen molar-refractivity contribution < 1.29 is 4.79 Å². The Bertz CT molecular complexity index is 488. The molecule has 0 fully saturated rings. The van der Waals surface area contributed by atoms with Crippen LogP contribution < -0.4 is 5.32 Å². The molecule has 15 heavy (non-hydrogen) atoms. The molecule has 0 aromatic heterocycles. The summed E-state index contributed by atoms with van der Waals surface area (Å²) in [5, 5.41) is 3.19. The lowest BCUT2D eigenvalue weighted by atomic mass is 10.0. The number of fused-ring (bicyclic) bond motifs is 1. The van der Waals surface area contributed by atoms with Crippen molar-refractivity contribution >= 4 is 28.8 Å². The van der Waals surface area contributed by atoms with E-state index in [1.807, 2.05) is 24.3 Å². The number of carbonyl (C=O) groups excluding carboxylic acids is 1. The molecule has 1 N–H and O–H groups in total. The molecule has 3 heteroatoms. The molecule has 0 saturated carbocycles. The van der Waals surface area contributed by atoms with E-state index in [0.29, 0.717) is 10.6 Å². The molecule has 76 valence electrons. The first kappa shape index (κ1) is 9.99. The second kappa shape index (κ2) is 3.55. The monoisotopic (exact) mass is 219 g/mol. The first-order chi connectivity index (χ1) is 7.11. The van der Waals surface area contributed by atoms with E-state index < -0.39 is 0 Å². The summed E-state index contributed by atoms with van der Waals surface area (Å²) in [5.74, 6) is -0.115. The molecule has 0 bridgehead atoms. The maximum atomic E-state index is 11.7. The topological polar surface area (TPSA) is 29.1 Å². The van der Waals surface area contributed by atoms with E-state index in [-0.39, 0.29) is 5.91 Å². The highest BCUT2D eigenvalue weighted by Crippen LogP contribution is 2.35. The SMILES string of the molecule is C=C(Cl)/C(C)=C1\C(=O)Nc2ccccc21. The third-order valence-corrected chi connectivity index (χ3v) is 2.74. The Morgan fingerprint density at radius 3 is 2.73 bits per heavy atom. The van der Waals surface area contributed by atoms with Gasteiger partial charge in [0.15, 0.2) is 0 Å². The molecule has 1 heterocycles. The van der Waals surface area contributed by atoms with E-state index in [2.05, 4.69) is 11.9 Å². The smallest absolute Gasteiger partial charge is 0.256 e. The molecule has 2 rings (SSSR count). The molecular weight excluding hydrogens is 210 g/mol. The fraction of sp³-hybridized carbons (Fsp3) is 0.0833. The van der Waals surface area contributed by atoms with Crippen LogP contribution >= 0.6 is 11.6 Å². The first-order valence-electron chi connectivity index (χ1n) is 4.57. The Morgan fingerprint density at radius 1 is 1.40 bits per heavy atom. The average Bonchev–Trinajstić information content (AvgIpc) is 2.52. The number of amides is 1. The minimum Gasteiger partial charge on any atom is -0.321 e. The van der Waals surface area contributed by atoms with E-state index in [0.717, 1.165) is 16.8 Å². The highest BCUT2D eigenvalue weighted by Gasteiger charge is 2.25. The van der Waals surface area contributed by atoms with Crippen LogP contribution in [0.1, 0.15) is 12.5 Å². The summed E-state index contributed by atoms with van der Waals surface area (Å²) in [6, 6.07) is 7.53.